The van der Waals surface area contributed by atoms with Gasteiger partial charge in [0.2, 0.25) is 0 Å². The number of allylic oxidation sites excluding steroid dienone is 2. The molecule has 1 aromatic heterocycles. The van der Waals surface area contributed by atoms with Crippen LogP contribution in [0.15, 0.2) is 76.7 Å². The fourth-order valence-corrected chi connectivity index (χ4v) is 8.32. The van der Waals surface area contributed by atoms with Crippen LogP contribution >= 0.6 is 0 Å². The van der Waals surface area contributed by atoms with Gasteiger partial charge in [0.05, 0.1) is 18.0 Å². The van der Waals surface area contributed by atoms with Crippen molar-refractivity contribution in [2.75, 3.05) is 4.90 Å². The Bertz CT molecular complexity index is 1630. The van der Waals surface area contributed by atoms with Gasteiger partial charge in [0, 0.05) is 46.8 Å². The summed E-state index contributed by atoms with van der Waals surface area (Å²) < 4.78 is 6.64. The Balaban J connectivity index is 1.17. The van der Waals surface area contributed by atoms with Crippen LogP contribution in [0.4, 0.5) is 11.4 Å². The first kappa shape index (κ1) is 24.9. The van der Waals surface area contributed by atoms with E-state index in [1.54, 1.807) is 0 Å². The van der Waals surface area contributed by atoms with Crippen LogP contribution in [0, 0.1) is 17.2 Å². The number of nitriles is 1. The quantitative estimate of drug-likeness (QED) is 0.340. The fraction of sp³-hybridized carbons (Fsp3) is 0.378. The lowest BCUT2D eigenvalue weighted by Gasteiger charge is -2.38. The molecule has 3 heterocycles. The highest BCUT2D eigenvalue weighted by molar-refractivity contribution is 5.81. The number of hydrogen-bond donors (Lipinski definition) is 1. The van der Waals surface area contributed by atoms with Crippen molar-refractivity contribution in [2.45, 2.75) is 81.8 Å². The van der Waals surface area contributed by atoms with Gasteiger partial charge in [-0.25, -0.2) is 0 Å². The second-order valence-electron chi connectivity index (χ2n) is 12.6. The molecule has 41 heavy (non-hydrogen) atoms. The van der Waals surface area contributed by atoms with Crippen molar-refractivity contribution in [3.05, 3.63) is 106 Å². The summed E-state index contributed by atoms with van der Waals surface area (Å²) in [5.74, 6) is 3.11. The van der Waals surface area contributed by atoms with E-state index in [0.717, 1.165) is 50.0 Å². The molecule has 5 aliphatic rings. The first-order valence-electron chi connectivity index (χ1n) is 15.6. The SMILES string of the molecule is CC1CCC(C2=CCCCC2c2cccc(N3c4ccccc4C4c5oc6c(c5C=CC43)C=CCC6)c2)C(C#N)N1. The van der Waals surface area contributed by atoms with E-state index in [4.69, 9.17) is 4.42 Å². The van der Waals surface area contributed by atoms with Crippen LogP contribution in [0.1, 0.15) is 91.1 Å². The first-order chi connectivity index (χ1) is 20.2. The van der Waals surface area contributed by atoms with Crippen LogP contribution in [0.3, 0.4) is 0 Å². The summed E-state index contributed by atoms with van der Waals surface area (Å²) in [7, 11) is 0. The van der Waals surface area contributed by atoms with Gasteiger partial charge in [-0.2, -0.15) is 5.26 Å². The minimum Gasteiger partial charge on any atom is -0.464 e. The Morgan fingerprint density at radius 2 is 1.93 bits per heavy atom. The number of benzene rings is 2. The molecule has 1 N–H and O–H groups in total. The lowest BCUT2D eigenvalue weighted by atomic mass is 9.71. The van der Waals surface area contributed by atoms with Gasteiger partial charge in [-0.3, -0.25) is 5.32 Å². The molecule has 4 nitrogen and oxygen atoms in total. The molecular formula is C37H37N3O. The van der Waals surface area contributed by atoms with Gasteiger partial charge < -0.3 is 9.32 Å². The molecule has 2 aliphatic heterocycles. The zero-order valence-corrected chi connectivity index (χ0v) is 23.7. The first-order valence-corrected chi connectivity index (χ1v) is 15.6. The van der Waals surface area contributed by atoms with Crippen molar-refractivity contribution in [1.29, 1.82) is 5.26 Å². The molecule has 4 heteroatoms. The van der Waals surface area contributed by atoms with E-state index < -0.39 is 0 Å². The second-order valence-corrected chi connectivity index (χ2v) is 12.6. The van der Waals surface area contributed by atoms with E-state index in [9.17, 15) is 5.26 Å². The topological polar surface area (TPSA) is 52.2 Å². The number of hydrogen-bond acceptors (Lipinski definition) is 4. The number of rotatable bonds is 3. The zero-order valence-electron chi connectivity index (χ0n) is 23.7. The summed E-state index contributed by atoms with van der Waals surface area (Å²) in [5.41, 5.74) is 9.26. The average molecular weight is 540 g/mol. The lowest BCUT2D eigenvalue weighted by molar-refractivity contribution is 0.295. The summed E-state index contributed by atoms with van der Waals surface area (Å²) in [6, 6.07) is 21.2. The van der Waals surface area contributed by atoms with Gasteiger partial charge in [-0.1, -0.05) is 66.3 Å². The Morgan fingerprint density at radius 3 is 2.85 bits per heavy atom. The van der Waals surface area contributed by atoms with E-state index in [1.165, 1.54) is 45.6 Å². The minimum absolute atomic E-state index is 0.101. The van der Waals surface area contributed by atoms with Gasteiger partial charge in [-0.15, -0.1) is 0 Å². The van der Waals surface area contributed by atoms with Crippen LogP contribution in [0.5, 0.6) is 0 Å². The third kappa shape index (κ3) is 3.97. The summed E-state index contributed by atoms with van der Waals surface area (Å²) in [5, 5.41) is 13.6. The molecule has 0 bridgehead atoms. The Morgan fingerprint density at radius 1 is 1.00 bits per heavy atom. The second kappa shape index (κ2) is 9.93. The van der Waals surface area contributed by atoms with E-state index >= 15 is 0 Å². The minimum atomic E-state index is -0.101. The van der Waals surface area contributed by atoms with Crippen molar-refractivity contribution in [3.8, 4) is 6.07 Å². The molecule has 1 fully saturated rings. The average Bonchev–Trinajstić information content (AvgIpc) is 3.57. The summed E-state index contributed by atoms with van der Waals surface area (Å²) in [6.07, 6.45) is 19.4. The molecule has 0 amide bonds. The standard InChI is InChI=1S/C37H37N3O/c1-23-17-18-28(32(22-38)39-23)27-12-3-2-11-26(27)24-9-8-10-25(21-24)40-33-15-6-4-14-31(33)36-34(40)20-19-30-29-13-5-7-16-35(29)41-37(30)36/h4-6,8-10,12-15,19-21,23,26,28,32,34,36,39H,2-3,7,11,16-18H2,1H3. The van der Waals surface area contributed by atoms with Crippen LogP contribution in [0.25, 0.3) is 12.2 Å². The molecule has 6 atom stereocenters. The van der Waals surface area contributed by atoms with E-state index in [2.05, 4.69) is 102 Å². The number of anilines is 2. The van der Waals surface area contributed by atoms with Crippen molar-refractivity contribution < 1.29 is 4.42 Å². The van der Waals surface area contributed by atoms with Gasteiger partial charge in [0.25, 0.3) is 0 Å². The van der Waals surface area contributed by atoms with E-state index in [-0.39, 0.29) is 18.0 Å². The fourth-order valence-electron chi connectivity index (χ4n) is 8.32. The van der Waals surface area contributed by atoms with Gasteiger partial charge in [0.15, 0.2) is 0 Å². The maximum atomic E-state index is 10.0. The van der Waals surface area contributed by atoms with Crippen molar-refractivity contribution >= 4 is 23.5 Å². The number of nitrogens with one attached hydrogen (secondary N) is 1. The molecule has 0 saturated carbocycles. The molecule has 3 aliphatic carbocycles. The highest BCUT2D eigenvalue weighted by Crippen LogP contribution is 2.53. The molecule has 206 valence electrons. The van der Waals surface area contributed by atoms with E-state index in [0.29, 0.717) is 17.9 Å². The maximum absolute atomic E-state index is 10.0. The number of aryl methyl sites for hydroxylation is 1. The summed E-state index contributed by atoms with van der Waals surface area (Å²) >= 11 is 0. The molecule has 3 aromatic rings. The van der Waals surface area contributed by atoms with Crippen molar-refractivity contribution in [3.63, 3.8) is 0 Å². The third-order valence-electron chi connectivity index (χ3n) is 10.2. The molecular weight excluding hydrogens is 502 g/mol. The normalized spacial score (nSPS) is 29.7. The van der Waals surface area contributed by atoms with Crippen molar-refractivity contribution in [2.24, 2.45) is 5.92 Å². The largest absolute Gasteiger partial charge is 0.464 e. The predicted molar refractivity (Wildman–Crippen MR) is 165 cm³/mol. The molecule has 6 unspecified atom stereocenters. The summed E-state index contributed by atoms with van der Waals surface area (Å²) in [6.45, 7) is 2.20. The maximum Gasteiger partial charge on any atom is 0.121 e. The predicted octanol–water partition coefficient (Wildman–Crippen LogP) is 8.39. The number of para-hydroxylation sites is 1. The highest BCUT2D eigenvalue weighted by atomic mass is 16.3. The number of fused-ring (bicyclic) bond motifs is 7. The monoisotopic (exact) mass is 539 g/mol. The highest BCUT2D eigenvalue weighted by Gasteiger charge is 2.44. The van der Waals surface area contributed by atoms with Crippen LogP contribution < -0.4 is 10.2 Å². The van der Waals surface area contributed by atoms with E-state index in [1.807, 2.05) is 0 Å². The Kier molecular flexibility index (Phi) is 6.04. The number of piperidine rings is 1. The van der Waals surface area contributed by atoms with Gasteiger partial charge in [0.1, 0.15) is 17.6 Å². The Hall–Kier alpha value is -3.81. The molecule has 0 radical (unpaired) electrons. The number of furan rings is 1. The lowest BCUT2D eigenvalue weighted by Crippen LogP contribution is -2.46. The molecule has 2 aromatic carbocycles. The summed E-state index contributed by atoms with van der Waals surface area (Å²) in [4.78, 5) is 2.54. The van der Waals surface area contributed by atoms with Crippen LogP contribution in [-0.4, -0.2) is 18.1 Å². The molecule has 8 rings (SSSR count). The zero-order chi connectivity index (χ0) is 27.5. The number of nitrogens with zero attached hydrogens (tertiary/aromatic N) is 2. The smallest absolute Gasteiger partial charge is 0.121 e. The Labute approximate surface area is 243 Å². The van der Waals surface area contributed by atoms with Crippen molar-refractivity contribution in [1.82, 2.24) is 5.32 Å². The molecule has 0 spiro atoms. The van der Waals surface area contributed by atoms with Crippen LogP contribution in [-0.2, 0) is 6.42 Å². The third-order valence-corrected chi connectivity index (χ3v) is 10.2. The van der Waals surface area contributed by atoms with Gasteiger partial charge in [-0.05, 0) is 74.8 Å². The van der Waals surface area contributed by atoms with Crippen LogP contribution in [0.2, 0.25) is 0 Å². The van der Waals surface area contributed by atoms with Gasteiger partial charge >= 0.3 is 0 Å². The molecule has 1 saturated heterocycles.